The van der Waals surface area contributed by atoms with Gasteiger partial charge < -0.3 is 0 Å². The average molecular weight is 329 g/mol. The van der Waals surface area contributed by atoms with Crippen LogP contribution in [0.25, 0.3) is 16.9 Å². The van der Waals surface area contributed by atoms with Crippen molar-refractivity contribution in [2.75, 3.05) is 0 Å². The zero-order valence-corrected chi connectivity index (χ0v) is 13.6. The molecule has 0 unspecified atom stereocenters. The van der Waals surface area contributed by atoms with E-state index in [1.807, 2.05) is 26.8 Å². The summed E-state index contributed by atoms with van der Waals surface area (Å²) in [5.74, 6) is 0. The largest absolute Gasteiger partial charge is 0.296 e. The SMILES string of the molecule is CC(C)(C)c1cc(-c2ccc(C(F)F)cc2)nn2cc(C=O)nc12. The van der Waals surface area contributed by atoms with Crippen molar-refractivity contribution in [3.63, 3.8) is 0 Å². The van der Waals surface area contributed by atoms with Crippen LogP contribution in [0.15, 0.2) is 36.5 Å². The Morgan fingerprint density at radius 3 is 2.38 bits per heavy atom. The number of halogens is 2. The quantitative estimate of drug-likeness (QED) is 0.667. The average Bonchev–Trinajstić information content (AvgIpc) is 2.96. The fourth-order valence-electron chi connectivity index (χ4n) is 2.54. The van der Waals surface area contributed by atoms with Gasteiger partial charge in [0.05, 0.1) is 11.9 Å². The predicted molar refractivity (Wildman–Crippen MR) is 87.5 cm³/mol. The van der Waals surface area contributed by atoms with Gasteiger partial charge in [0.1, 0.15) is 5.69 Å². The summed E-state index contributed by atoms with van der Waals surface area (Å²) in [4.78, 5) is 15.3. The molecular formula is C18H17F2N3O. The van der Waals surface area contributed by atoms with Gasteiger partial charge in [0, 0.05) is 16.7 Å². The van der Waals surface area contributed by atoms with Gasteiger partial charge in [-0.15, -0.1) is 0 Å². The topological polar surface area (TPSA) is 47.3 Å². The van der Waals surface area contributed by atoms with Crippen LogP contribution in [0.1, 0.15) is 48.8 Å². The van der Waals surface area contributed by atoms with E-state index in [-0.39, 0.29) is 11.0 Å². The fourth-order valence-corrected chi connectivity index (χ4v) is 2.54. The van der Waals surface area contributed by atoms with Gasteiger partial charge in [-0.1, -0.05) is 45.0 Å². The van der Waals surface area contributed by atoms with E-state index in [0.717, 1.165) is 11.1 Å². The summed E-state index contributed by atoms with van der Waals surface area (Å²) >= 11 is 0. The minimum atomic E-state index is -2.50. The van der Waals surface area contributed by atoms with Gasteiger partial charge in [-0.25, -0.2) is 18.3 Å². The van der Waals surface area contributed by atoms with Crippen molar-refractivity contribution < 1.29 is 13.6 Å². The van der Waals surface area contributed by atoms with E-state index in [9.17, 15) is 13.6 Å². The standard InChI is InChI=1S/C18H17F2N3O/c1-18(2,3)14-8-15(11-4-6-12(7-5-11)16(19)20)22-23-9-13(10-24)21-17(14)23/h4-10,16H,1-3H3. The van der Waals surface area contributed by atoms with E-state index < -0.39 is 6.43 Å². The van der Waals surface area contributed by atoms with Crippen LogP contribution in [-0.2, 0) is 5.41 Å². The molecule has 124 valence electrons. The summed E-state index contributed by atoms with van der Waals surface area (Å²) in [7, 11) is 0. The first-order valence-electron chi connectivity index (χ1n) is 7.54. The molecule has 0 radical (unpaired) electrons. The molecule has 0 aliphatic heterocycles. The molecule has 1 aromatic carbocycles. The van der Waals surface area contributed by atoms with Gasteiger partial charge >= 0.3 is 0 Å². The number of fused-ring (bicyclic) bond motifs is 1. The molecular weight excluding hydrogens is 312 g/mol. The van der Waals surface area contributed by atoms with Crippen LogP contribution < -0.4 is 0 Å². The van der Waals surface area contributed by atoms with E-state index >= 15 is 0 Å². The molecule has 0 saturated heterocycles. The molecule has 24 heavy (non-hydrogen) atoms. The highest BCUT2D eigenvalue weighted by molar-refractivity contribution is 5.74. The van der Waals surface area contributed by atoms with Gasteiger partial charge in [0.15, 0.2) is 11.9 Å². The number of benzene rings is 1. The third-order valence-electron chi connectivity index (χ3n) is 3.83. The fraction of sp³-hybridized carbons (Fsp3) is 0.278. The minimum Gasteiger partial charge on any atom is -0.296 e. The number of aldehydes is 1. The van der Waals surface area contributed by atoms with E-state index in [1.54, 1.807) is 22.8 Å². The van der Waals surface area contributed by atoms with Crippen molar-refractivity contribution in [2.45, 2.75) is 32.6 Å². The maximum atomic E-state index is 12.7. The highest BCUT2D eigenvalue weighted by Gasteiger charge is 2.21. The number of aromatic nitrogens is 3. The summed E-state index contributed by atoms with van der Waals surface area (Å²) in [6.07, 6.45) is -0.254. The number of imidazole rings is 1. The van der Waals surface area contributed by atoms with Crippen molar-refractivity contribution in [2.24, 2.45) is 0 Å². The highest BCUT2D eigenvalue weighted by Crippen LogP contribution is 2.30. The van der Waals surface area contributed by atoms with Gasteiger partial charge in [-0.2, -0.15) is 5.10 Å². The van der Waals surface area contributed by atoms with Crippen molar-refractivity contribution in [1.82, 2.24) is 14.6 Å². The zero-order chi connectivity index (χ0) is 17.5. The van der Waals surface area contributed by atoms with Gasteiger partial charge in [-0.05, 0) is 11.5 Å². The Kier molecular flexibility index (Phi) is 3.91. The summed E-state index contributed by atoms with van der Waals surface area (Å²) < 4.78 is 27.0. The van der Waals surface area contributed by atoms with E-state index in [0.29, 0.717) is 23.3 Å². The molecule has 0 aliphatic carbocycles. The monoisotopic (exact) mass is 329 g/mol. The number of hydrogen-bond acceptors (Lipinski definition) is 3. The smallest absolute Gasteiger partial charge is 0.263 e. The second kappa shape index (κ2) is 5.78. The Morgan fingerprint density at radius 2 is 1.83 bits per heavy atom. The normalized spacial score (nSPS) is 12.1. The lowest BCUT2D eigenvalue weighted by molar-refractivity contribution is 0.111. The van der Waals surface area contributed by atoms with Gasteiger partial charge in [0.2, 0.25) is 0 Å². The van der Waals surface area contributed by atoms with Crippen LogP contribution in [0.5, 0.6) is 0 Å². The third-order valence-corrected chi connectivity index (χ3v) is 3.83. The summed E-state index contributed by atoms with van der Waals surface area (Å²) in [6, 6.07) is 7.94. The molecule has 0 amide bonds. The highest BCUT2D eigenvalue weighted by atomic mass is 19.3. The Morgan fingerprint density at radius 1 is 1.17 bits per heavy atom. The molecule has 0 bridgehead atoms. The van der Waals surface area contributed by atoms with Crippen LogP contribution in [0.3, 0.4) is 0 Å². The number of alkyl halides is 2. The Labute approximate surface area is 138 Å². The number of rotatable bonds is 3. The van der Waals surface area contributed by atoms with Crippen LogP contribution in [0.2, 0.25) is 0 Å². The summed E-state index contributed by atoms with van der Waals surface area (Å²) in [6.45, 7) is 6.13. The van der Waals surface area contributed by atoms with E-state index in [1.165, 1.54) is 12.1 Å². The first-order valence-corrected chi connectivity index (χ1v) is 7.54. The van der Waals surface area contributed by atoms with Crippen LogP contribution in [-0.4, -0.2) is 20.9 Å². The number of hydrogen-bond donors (Lipinski definition) is 0. The van der Waals surface area contributed by atoms with Crippen molar-refractivity contribution in [3.05, 3.63) is 53.3 Å². The number of carbonyl (C=O) groups is 1. The number of nitrogens with zero attached hydrogens (tertiary/aromatic N) is 3. The molecule has 2 heterocycles. The molecule has 0 fully saturated rings. The molecule has 2 aromatic heterocycles. The van der Waals surface area contributed by atoms with Crippen molar-refractivity contribution in [3.8, 4) is 11.3 Å². The summed E-state index contributed by atoms with van der Waals surface area (Å²) in [5.41, 5.74) is 2.99. The molecule has 3 rings (SSSR count). The second-order valence-corrected chi connectivity index (χ2v) is 6.67. The molecule has 4 nitrogen and oxygen atoms in total. The van der Waals surface area contributed by atoms with Gasteiger partial charge in [0.25, 0.3) is 6.43 Å². The molecule has 0 aliphatic rings. The molecule has 0 saturated carbocycles. The lowest BCUT2D eigenvalue weighted by Gasteiger charge is -2.20. The Hall–Kier alpha value is -2.63. The minimum absolute atomic E-state index is 0.0262. The Bertz CT molecular complexity index is 893. The van der Waals surface area contributed by atoms with Crippen LogP contribution in [0, 0.1) is 0 Å². The van der Waals surface area contributed by atoms with E-state index in [4.69, 9.17) is 0 Å². The third kappa shape index (κ3) is 2.91. The Balaban J connectivity index is 2.19. The van der Waals surface area contributed by atoms with Crippen molar-refractivity contribution >= 4 is 11.9 Å². The lowest BCUT2D eigenvalue weighted by Crippen LogP contribution is -2.14. The molecule has 6 heteroatoms. The predicted octanol–water partition coefficient (Wildman–Crippen LogP) is 4.44. The van der Waals surface area contributed by atoms with Gasteiger partial charge in [-0.3, -0.25) is 4.79 Å². The number of carbonyl (C=O) groups excluding carboxylic acids is 1. The maximum Gasteiger partial charge on any atom is 0.263 e. The first kappa shape index (κ1) is 16.2. The molecule has 3 aromatic rings. The molecule has 0 spiro atoms. The van der Waals surface area contributed by atoms with E-state index in [2.05, 4.69) is 10.1 Å². The summed E-state index contributed by atoms with van der Waals surface area (Å²) in [5, 5.41) is 4.47. The maximum absolute atomic E-state index is 12.7. The van der Waals surface area contributed by atoms with Crippen LogP contribution in [0.4, 0.5) is 8.78 Å². The van der Waals surface area contributed by atoms with Crippen molar-refractivity contribution in [1.29, 1.82) is 0 Å². The molecule has 0 atom stereocenters. The van der Waals surface area contributed by atoms with Crippen LogP contribution >= 0.6 is 0 Å². The lowest BCUT2D eigenvalue weighted by atomic mass is 9.87. The zero-order valence-electron chi connectivity index (χ0n) is 13.6. The first-order chi connectivity index (χ1) is 11.3. The second-order valence-electron chi connectivity index (χ2n) is 6.67. The molecule has 0 N–H and O–H groups in total.